The molecule has 0 saturated carbocycles. The van der Waals surface area contributed by atoms with Crippen LogP contribution >= 0.6 is 11.8 Å². The fourth-order valence-corrected chi connectivity index (χ4v) is 2.05. The van der Waals surface area contributed by atoms with Crippen LogP contribution in [0.25, 0.3) is 0 Å². The molecule has 0 aliphatic rings. The summed E-state index contributed by atoms with van der Waals surface area (Å²) in [4.78, 5) is 12.4. The molecule has 2 aromatic rings. The van der Waals surface area contributed by atoms with Gasteiger partial charge in [-0.1, -0.05) is 30.0 Å². The van der Waals surface area contributed by atoms with Gasteiger partial charge in [-0.15, -0.1) is 6.58 Å². The molecule has 6 heteroatoms. The second-order valence-electron chi connectivity index (χ2n) is 3.89. The third kappa shape index (κ3) is 3.96. The Labute approximate surface area is 116 Å². The summed E-state index contributed by atoms with van der Waals surface area (Å²) in [7, 11) is 0. The molecule has 0 unspecified atom stereocenters. The molecule has 19 heavy (non-hydrogen) atoms. The van der Waals surface area contributed by atoms with Gasteiger partial charge >= 0.3 is 0 Å². The van der Waals surface area contributed by atoms with Gasteiger partial charge < -0.3 is 11.1 Å². The zero-order valence-electron chi connectivity index (χ0n) is 10.6. The molecule has 0 spiro atoms. The maximum absolute atomic E-state index is 5.67. The van der Waals surface area contributed by atoms with Crippen molar-refractivity contribution in [1.82, 2.24) is 15.0 Å². The fourth-order valence-electron chi connectivity index (χ4n) is 1.48. The molecule has 0 aliphatic carbocycles. The Kier molecular flexibility index (Phi) is 4.35. The van der Waals surface area contributed by atoms with E-state index < -0.39 is 0 Å². The van der Waals surface area contributed by atoms with Gasteiger partial charge in [-0.2, -0.15) is 15.0 Å². The summed E-state index contributed by atoms with van der Waals surface area (Å²) in [6.07, 6.45) is 1.79. The average molecular weight is 273 g/mol. The molecular weight excluding hydrogens is 258 g/mol. The van der Waals surface area contributed by atoms with Crippen LogP contribution in [0.4, 0.5) is 17.6 Å². The highest BCUT2D eigenvalue weighted by molar-refractivity contribution is 7.99. The molecule has 1 heterocycles. The van der Waals surface area contributed by atoms with Crippen LogP contribution in [-0.2, 0) is 0 Å². The molecule has 2 rings (SSSR count). The number of nitrogens with zero attached hydrogens (tertiary/aromatic N) is 3. The molecule has 3 N–H and O–H groups in total. The van der Waals surface area contributed by atoms with Gasteiger partial charge in [-0.05, 0) is 24.6 Å². The van der Waals surface area contributed by atoms with Gasteiger partial charge in [0.1, 0.15) is 0 Å². The number of aryl methyl sites for hydroxylation is 1. The monoisotopic (exact) mass is 273 g/mol. The number of rotatable bonds is 5. The first-order chi connectivity index (χ1) is 9.17. The second kappa shape index (κ2) is 6.19. The minimum atomic E-state index is 0.205. The largest absolute Gasteiger partial charge is 0.368 e. The topological polar surface area (TPSA) is 76.7 Å². The summed E-state index contributed by atoms with van der Waals surface area (Å²) < 4.78 is 0. The highest BCUT2D eigenvalue weighted by atomic mass is 32.2. The summed E-state index contributed by atoms with van der Waals surface area (Å²) >= 11 is 1.46. The zero-order chi connectivity index (χ0) is 13.7. The van der Waals surface area contributed by atoms with Crippen molar-refractivity contribution in [3.8, 4) is 0 Å². The first-order valence-corrected chi connectivity index (χ1v) is 6.75. The average Bonchev–Trinajstić information content (AvgIpc) is 2.35. The van der Waals surface area contributed by atoms with E-state index in [1.165, 1.54) is 11.8 Å². The van der Waals surface area contributed by atoms with Crippen LogP contribution in [0.3, 0.4) is 0 Å². The van der Waals surface area contributed by atoms with E-state index in [0.717, 1.165) is 17.0 Å². The molecule has 0 fully saturated rings. The standard InChI is InChI=1S/C13H15N5S/c1-3-7-19-13-17-11(14)16-12(18-13)15-10-6-4-5-9(2)8-10/h3-6,8H,1,7H2,2H3,(H3,14,15,16,17,18). The lowest BCUT2D eigenvalue weighted by atomic mass is 10.2. The van der Waals surface area contributed by atoms with Gasteiger partial charge in [0.25, 0.3) is 0 Å². The van der Waals surface area contributed by atoms with Crippen molar-refractivity contribution in [2.45, 2.75) is 12.1 Å². The highest BCUT2D eigenvalue weighted by Crippen LogP contribution is 2.18. The van der Waals surface area contributed by atoms with Crippen molar-refractivity contribution >= 4 is 29.3 Å². The maximum atomic E-state index is 5.67. The lowest BCUT2D eigenvalue weighted by Crippen LogP contribution is -2.04. The van der Waals surface area contributed by atoms with Crippen molar-refractivity contribution in [2.75, 3.05) is 16.8 Å². The maximum Gasteiger partial charge on any atom is 0.233 e. The van der Waals surface area contributed by atoms with Crippen LogP contribution < -0.4 is 11.1 Å². The van der Waals surface area contributed by atoms with E-state index in [-0.39, 0.29) is 5.95 Å². The number of benzene rings is 1. The summed E-state index contributed by atoms with van der Waals surface area (Å²) in [6, 6.07) is 7.95. The van der Waals surface area contributed by atoms with Crippen molar-refractivity contribution in [3.63, 3.8) is 0 Å². The number of nitrogen functional groups attached to an aromatic ring is 1. The molecule has 0 aliphatic heterocycles. The minimum Gasteiger partial charge on any atom is -0.368 e. The third-order valence-corrected chi connectivity index (χ3v) is 3.08. The predicted molar refractivity (Wildman–Crippen MR) is 79.6 cm³/mol. The van der Waals surface area contributed by atoms with E-state index in [1.54, 1.807) is 6.08 Å². The Balaban J connectivity index is 2.19. The SMILES string of the molecule is C=CCSc1nc(N)nc(Nc2cccc(C)c2)n1. The number of nitrogens with one attached hydrogen (secondary N) is 1. The van der Waals surface area contributed by atoms with Gasteiger partial charge in [0.05, 0.1) is 0 Å². The first-order valence-electron chi connectivity index (χ1n) is 5.76. The van der Waals surface area contributed by atoms with Gasteiger partial charge in [-0.3, -0.25) is 0 Å². The van der Waals surface area contributed by atoms with Crippen LogP contribution in [0.1, 0.15) is 5.56 Å². The number of hydrogen-bond donors (Lipinski definition) is 2. The van der Waals surface area contributed by atoms with Crippen LogP contribution in [0.5, 0.6) is 0 Å². The number of hydrogen-bond acceptors (Lipinski definition) is 6. The van der Waals surface area contributed by atoms with E-state index >= 15 is 0 Å². The first kappa shape index (κ1) is 13.4. The van der Waals surface area contributed by atoms with Gasteiger partial charge in [0.15, 0.2) is 5.16 Å². The Morgan fingerprint density at radius 3 is 2.95 bits per heavy atom. The Morgan fingerprint density at radius 2 is 2.21 bits per heavy atom. The molecule has 1 aromatic carbocycles. The molecule has 0 bridgehead atoms. The molecular formula is C13H15N5S. The van der Waals surface area contributed by atoms with Crippen LogP contribution in [-0.4, -0.2) is 20.7 Å². The van der Waals surface area contributed by atoms with Crippen molar-refractivity contribution < 1.29 is 0 Å². The molecule has 5 nitrogen and oxygen atoms in total. The lowest BCUT2D eigenvalue weighted by molar-refractivity contribution is 0.926. The number of nitrogens with two attached hydrogens (primary N) is 1. The smallest absolute Gasteiger partial charge is 0.233 e. The third-order valence-electron chi connectivity index (χ3n) is 2.24. The summed E-state index contributed by atoms with van der Waals surface area (Å²) in [5, 5.41) is 3.71. The minimum absolute atomic E-state index is 0.205. The van der Waals surface area contributed by atoms with E-state index in [2.05, 4.69) is 26.8 Å². The van der Waals surface area contributed by atoms with Crippen LogP contribution in [0.15, 0.2) is 42.1 Å². The normalized spacial score (nSPS) is 10.2. The van der Waals surface area contributed by atoms with E-state index in [1.807, 2.05) is 31.2 Å². The molecule has 0 radical (unpaired) electrons. The van der Waals surface area contributed by atoms with Gasteiger partial charge in [0, 0.05) is 11.4 Å². The molecule has 1 aromatic heterocycles. The van der Waals surface area contributed by atoms with Gasteiger partial charge in [-0.25, -0.2) is 0 Å². The predicted octanol–water partition coefficient (Wildman–Crippen LogP) is 2.78. The quantitative estimate of drug-likeness (QED) is 0.644. The van der Waals surface area contributed by atoms with E-state index in [9.17, 15) is 0 Å². The number of anilines is 3. The second-order valence-corrected chi connectivity index (χ2v) is 4.88. The molecule has 98 valence electrons. The van der Waals surface area contributed by atoms with Crippen LogP contribution in [0.2, 0.25) is 0 Å². The molecule has 0 atom stereocenters. The summed E-state index contributed by atoms with van der Waals surface area (Å²) in [5.41, 5.74) is 7.76. The lowest BCUT2D eigenvalue weighted by Gasteiger charge is -2.07. The summed E-state index contributed by atoms with van der Waals surface area (Å²) in [5.74, 6) is 1.38. The summed E-state index contributed by atoms with van der Waals surface area (Å²) in [6.45, 7) is 5.69. The van der Waals surface area contributed by atoms with Gasteiger partial charge in [0.2, 0.25) is 11.9 Å². The number of aromatic nitrogens is 3. The fraction of sp³-hybridized carbons (Fsp3) is 0.154. The zero-order valence-corrected chi connectivity index (χ0v) is 11.4. The van der Waals surface area contributed by atoms with Crippen molar-refractivity contribution in [2.24, 2.45) is 0 Å². The van der Waals surface area contributed by atoms with Crippen molar-refractivity contribution in [1.29, 1.82) is 0 Å². The molecule has 0 saturated heterocycles. The Morgan fingerprint density at radius 1 is 1.37 bits per heavy atom. The van der Waals surface area contributed by atoms with Crippen LogP contribution in [0, 0.1) is 6.92 Å². The van der Waals surface area contributed by atoms with E-state index in [4.69, 9.17) is 5.73 Å². The Hall–Kier alpha value is -2.08. The number of thioether (sulfide) groups is 1. The van der Waals surface area contributed by atoms with E-state index in [0.29, 0.717) is 11.1 Å². The molecule has 0 amide bonds. The van der Waals surface area contributed by atoms with Crippen molar-refractivity contribution in [3.05, 3.63) is 42.5 Å². The highest BCUT2D eigenvalue weighted by Gasteiger charge is 2.05. The Bertz CT molecular complexity index is 585.